The van der Waals surface area contributed by atoms with Gasteiger partial charge in [0, 0.05) is 25.8 Å². The van der Waals surface area contributed by atoms with Crippen LogP contribution in [0.5, 0.6) is 5.75 Å². The monoisotopic (exact) mass is 312 g/mol. The summed E-state index contributed by atoms with van der Waals surface area (Å²) in [4.78, 5) is 18.3. The van der Waals surface area contributed by atoms with Crippen molar-refractivity contribution >= 4 is 5.97 Å². The molecular formula is C18H20N2O3. The lowest BCUT2D eigenvalue weighted by atomic mass is 10.1. The molecule has 0 amide bonds. The first kappa shape index (κ1) is 15.5. The number of fused-ring (bicyclic) bond motifs is 1. The lowest BCUT2D eigenvalue weighted by Crippen LogP contribution is -2.15. The van der Waals surface area contributed by atoms with Crippen LogP contribution in [0.3, 0.4) is 0 Å². The van der Waals surface area contributed by atoms with Crippen LogP contribution in [0.15, 0.2) is 36.5 Å². The number of hydrogen-bond acceptors (Lipinski definition) is 5. The molecular weight excluding hydrogens is 292 g/mol. The fourth-order valence-electron chi connectivity index (χ4n) is 2.77. The normalized spacial score (nSPS) is 13.7. The summed E-state index contributed by atoms with van der Waals surface area (Å²) in [5.41, 5.74) is 3.94. The summed E-state index contributed by atoms with van der Waals surface area (Å²) in [5.74, 6) is 0.505. The number of methoxy groups -OCH3 is 1. The van der Waals surface area contributed by atoms with Gasteiger partial charge in [-0.1, -0.05) is 12.1 Å². The van der Waals surface area contributed by atoms with Gasteiger partial charge >= 0.3 is 5.97 Å². The highest BCUT2D eigenvalue weighted by Crippen LogP contribution is 2.25. The number of rotatable bonds is 5. The average molecular weight is 312 g/mol. The van der Waals surface area contributed by atoms with E-state index in [0.717, 1.165) is 30.9 Å². The summed E-state index contributed by atoms with van der Waals surface area (Å²) >= 11 is 0. The van der Waals surface area contributed by atoms with Gasteiger partial charge in [-0.05, 0) is 41.8 Å². The molecule has 1 aromatic carbocycles. The van der Waals surface area contributed by atoms with Gasteiger partial charge in [-0.3, -0.25) is 4.90 Å². The van der Waals surface area contributed by atoms with Crippen molar-refractivity contribution in [3.63, 3.8) is 0 Å². The lowest BCUT2D eigenvalue weighted by Gasteiger charge is -2.14. The fraction of sp³-hybridized carbons (Fsp3) is 0.333. The number of ether oxygens (including phenoxy) is 2. The van der Waals surface area contributed by atoms with Crippen LogP contribution in [0, 0.1) is 0 Å². The Labute approximate surface area is 135 Å². The molecule has 120 valence electrons. The third-order valence-corrected chi connectivity index (χ3v) is 3.92. The molecule has 0 saturated heterocycles. The quantitative estimate of drug-likeness (QED) is 0.795. The van der Waals surface area contributed by atoms with Gasteiger partial charge in [0.25, 0.3) is 0 Å². The molecule has 2 aromatic rings. The Hall–Kier alpha value is -2.40. The minimum atomic E-state index is -0.357. The van der Waals surface area contributed by atoms with Crippen LogP contribution in [0.1, 0.15) is 34.1 Å². The molecule has 1 aliphatic rings. The van der Waals surface area contributed by atoms with Gasteiger partial charge in [-0.25, -0.2) is 9.78 Å². The Bertz CT molecular complexity index is 698. The van der Waals surface area contributed by atoms with E-state index in [-0.39, 0.29) is 5.97 Å². The SMILES string of the molecule is CCOC(=O)c1cc2c(cn1)CN(Cc1ccc(OC)cc1)C2. The van der Waals surface area contributed by atoms with Gasteiger partial charge in [0.1, 0.15) is 11.4 Å². The minimum Gasteiger partial charge on any atom is -0.497 e. The van der Waals surface area contributed by atoms with Crippen molar-refractivity contribution in [2.75, 3.05) is 13.7 Å². The fourth-order valence-corrected chi connectivity index (χ4v) is 2.77. The molecule has 0 atom stereocenters. The molecule has 0 radical (unpaired) electrons. The van der Waals surface area contributed by atoms with Crippen molar-refractivity contribution in [2.24, 2.45) is 0 Å². The number of carbonyl (C=O) groups excluding carboxylic acids is 1. The zero-order chi connectivity index (χ0) is 16.2. The average Bonchev–Trinajstić information content (AvgIpc) is 2.97. The molecule has 0 spiro atoms. The Morgan fingerprint density at radius 2 is 1.96 bits per heavy atom. The molecule has 0 saturated carbocycles. The van der Waals surface area contributed by atoms with Gasteiger partial charge in [-0.15, -0.1) is 0 Å². The molecule has 1 aromatic heterocycles. The van der Waals surface area contributed by atoms with Crippen LogP contribution in [-0.2, 0) is 24.4 Å². The maximum atomic E-state index is 11.8. The van der Waals surface area contributed by atoms with E-state index < -0.39 is 0 Å². The standard InChI is InChI=1S/C18H20N2O3/c1-3-23-18(21)17-8-14-11-20(12-15(14)9-19-17)10-13-4-6-16(22-2)7-5-13/h4-9H,3,10-12H2,1-2H3. The number of esters is 1. The summed E-state index contributed by atoms with van der Waals surface area (Å²) in [7, 11) is 1.67. The Balaban J connectivity index is 1.67. The van der Waals surface area contributed by atoms with Gasteiger partial charge in [0.15, 0.2) is 0 Å². The van der Waals surface area contributed by atoms with E-state index in [4.69, 9.17) is 9.47 Å². The molecule has 5 heteroatoms. The zero-order valence-corrected chi connectivity index (χ0v) is 13.4. The van der Waals surface area contributed by atoms with Gasteiger partial charge in [-0.2, -0.15) is 0 Å². The molecule has 0 fully saturated rings. The van der Waals surface area contributed by atoms with E-state index in [2.05, 4.69) is 22.0 Å². The van der Waals surface area contributed by atoms with Crippen molar-refractivity contribution in [1.29, 1.82) is 0 Å². The van der Waals surface area contributed by atoms with Crippen molar-refractivity contribution in [1.82, 2.24) is 9.88 Å². The van der Waals surface area contributed by atoms with E-state index in [9.17, 15) is 4.79 Å². The van der Waals surface area contributed by atoms with E-state index in [0.29, 0.717) is 12.3 Å². The maximum Gasteiger partial charge on any atom is 0.356 e. The first-order chi connectivity index (χ1) is 11.2. The topological polar surface area (TPSA) is 51.7 Å². The molecule has 1 aliphatic heterocycles. The van der Waals surface area contributed by atoms with Crippen molar-refractivity contribution < 1.29 is 14.3 Å². The van der Waals surface area contributed by atoms with E-state index in [1.54, 1.807) is 20.2 Å². The number of benzene rings is 1. The highest BCUT2D eigenvalue weighted by molar-refractivity contribution is 5.87. The second-order valence-corrected chi connectivity index (χ2v) is 5.55. The molecule has 0 N–H and O–H groups in total. The molecule has 0 bridgehead atoms. The first-order valence-electron chi connectivity index (χ1n) is 7.69. The number of pyridine rings is 1. The third kappa shape index (κ3) is 3.51. The van der Waals surface area contributed by atoms with E-state index in [1.807, 2.05) is 18.2 Å². The predicted molar refractivity (Wildman–Crippen MR) is 86.1 cm³/mol. The van der Waals surface area contributed by atoms with E-state index in [1.165, 1.54) is 11.1 Å². The number of nitrogens with zero attached hydrogens (tertiary/aromatic N) is 2. The first-order valence-corrected chi connectivity index (χ1v) is 7.69. The van der Waals surface area contributed by atoms with Crippen molar-refractivity contribution in [3.05, 3.63) is 58.9 Å². The second kappa shape index (κ2) is 6.79. The highest BCUT2D eigenvalue weighted by atomic mass is 16.5. The van der Waals surface area contributed by atoms with Crippen LogP contribution < -0.4 is 4.74 Å². The molecule has 0 unspecified atom stereocenters. The molecule has 0 aliphatic carbocycles. The molecule has 3 rings (SSSR count). The van der Waals surface area contributed by atoms with Gasteiger partial charge < -0.3 is 9.47 Å². The van der Waals surface area contributed by atoms with Crippen molar-refractivity contribution in [2.45, 2.75) is 26.6 Å². The van der Waals surface area contributed by atoms with Crippen LogP contribution in [0.4, 0.5) is 0 Å². The molecule has 23 heavy (non-hydrogen) atoms. The third-order valence-electron chi connectivity index (χ3n) is 3.92. The number of hydrogen-bond donors (Lipinski definition) is 0. The number of carbonyl (C=O) groups is 1. The van der Waals surface area contributed by atoms with Crippen LogP contribution in [-0.4, -0.2) is 29.6 Å². The minimum absolute atomic E-state index is 0.357. The predicted octanol–water partition coefficient (Wildman–Crippen LogP) is 2.78. The molecule has 2 heterocycles. The van der Waals surface area contributed by atoms with Crippen LogP contribution in [0.2, 0.25) is 0 Å². The summed E-state index contributed by atoms with van der Waals surface area (Å²) in [6.07, 6.45) is 1.79. The summed E-state index contributed by atoms with van der Waals surface area (Å²) in [6, 6.07) is 9.94. The zero-order valence-electron chi connectivity index (χ0n) is 13.4. The smallest absolute Gasteiger partial charge is 0.356 e. The van der Waals surface area contributed by atoms with Gasteiger partial charge in [0.2, 0.25) is 0 Å². The Kier molecular flexibility index (Phi) is 4.57. The van der Waals surface area contributed by atoms with Crippen LogP contribution >= 0.6 is 0 Å². The second-order valence-electron chi connectivity index (χ2n) is 5.55. The van der Waals surface area contributed by atoms with Crippen LogP contribution in [0.25, 0.3) is 0 Å². The molecule has 5 nitrogen and oxygen atoms in total. The number of aromatic nitrogens is 1. The summed E-state index contributed by atoms with van der Waals surface area (Å²) in [5, 5.41) is 0. The Morgan fingerprint density at radius 1 is 1.22 bits per heavy atom. The van der Waals surface area contributed by atoms with Gasteiger partial charge in [0.05, 0.1) is 13.7 Å². The summed E-state index contributed by atoms with van der Waals surface area (Å²) in [6.45, 7) is 4.67. The Morgan fingerprint density at radius 3 is 2.65 bits per heavy atom. The maximum absolute atomic E-state index is 11.8. The largest absolute Gasteiger partial charge is 0.497 e. The highest BCUT2D eigenvalue weighted by Gasteiger charge is 2.21. The summed E-state index contributed by atoms with van der Waals surface area (Å²) < 4.78 is 10.2. The van der Waals surface area contributed by atoms with E-state index >= 15 is 0 Å². The van der Waals surface area contributed by atoms with Crippen molar-refractivity contribution in [3.8, 4) is 5.75 Å². The lowest BCUT2D eigenvalue weighted by molar-refractivity contribution is 0.0519.